The largest absolute Gasteiger partial charge is 0.377 e. The molecule has 24 heavy (non-hydrogen) atoms. The number of ether oxygens (including phenoxy) is 1. The standard InChI is InChI=1S/C16H18N2O5S/c1-3-23-11-13-6-4-5-7-15(13)17-24(21,22)16-10-14(18(19)20)9-8-12(16)2/h4-10,17H,3,11H2,1-2H3. The first-order valence-corrected chi connectivity index (χ1v) is 8.77. The van der Waals surface area contributed by atoms with Gasteiger partial charge in [0, 0.05) is 24.3 Å². The molecule has 0 unspecified atom stereocenters. The van der Waals surface area contributed by atoms with Gasteiger partial charge in [-0.15, -0.1) is 0 Å². The van der Waals surface area contributed by atoms with Crippen LogP contribution in [0, 0.1) is 17.0 Å². The fourth-order valence-corrected chi connectivity index (χ4v) is 3.52. The highest BCUT2D eigenvalue weighted by Gasteiger charge is 2.21. The number of aryl methyl sites for hydroxylation is 1. The molecule has 0 heterocycles. The molecule has 2 rings (SSSR count). The van der Waals surface area contributed by atoms with E-state index in [1.165, 1.54) is 12.1 Å². The zero-order valence-corrected chi connectivity index (χ0v) is 14.2. The summed E-state index contributed by atoms with van der Waals surface area (Å²) >= 11 is 0. The van der Waals surface area contributed by atoms with Crippen molar-refractivity contribution in [3.05, 3.63) is 63.7 Å². The van der Waals surface area contributed by atoms with Crippen LogP contribution < -0.4 is 4.72 Å². The summed E-state index contributed by atoms with van der Waals surface area (Å²) in [5.41, 5.74) is 1.22. The van der Waals surface area contributed by atoms with E-state index in [9.17, 15) is 18.5 Å². The number of sulfonamides is 1. The second kappa shape index (κ2) is 7.41. The van der Waals surface area contributed by atoms with E-state index in [2.05, 4.69) is 4.72 Å². The van der Waals surface area contributed by atoms with Gasteiger partial charge in [0.05, 0.1) is 22.1 Å². The summed E-state index contributed by atoms with van der Waals surface area (Å²) in [5, 5.41) is 10.9. The van der Waals surface area contributed by atoms with E-state index in [1.54, 1.807) is 31.2 Å². The molecule has 0 fully saturated rings. The normalized spacial score (nSPS) is 11.2. The van der Waals surface area contributed by atoms with Gasteiger partial charge in [-0.25, -0.2) is 8.42 Å². The zero-order chi connectivity index (χ0) is 17.7. The molecule has 0 aliphatic heterocycles. The molecule has 2 aromatic carbocycles. The van der Waals surface area contributed by atoms with Crippen molar-refractivity contribution in [3.8, 4) is 0 Å². The van der Waals surface area contributed by atoms with E-state index >= 15 is 0 Å². The number of anilines is 1. The van der Waals surface area contributed by atoms with Crippen LogP contribution in [0.4, 0.5) is 11.4 Å². The number of para-hydroxylation sites is 1. The Labute approximate surface area is 140 Å². The van der Waals surface area contributed by atoms with Gasteiger partial charge in [-0.05, 0) is 25.5 Å². The lowest BCUT2D eigenvalue weighted by Gasteiger charge is -2.13. The minimum absolute atomic E-state index is 0.122. The number of benzene rings is 2. The van der Waals surface area contributed by atoms with Crippen molar-refractivity contribution >= 4 is 21.4 Å². The lowest BCUT2D eigenvalue weighted by atomic mass is 10.2. The predicted octanol–water partition coefficient (Wildman–Crippen LogP) is 3.24. The Kier molecular flexibility index (Phi) is 5.53. The lowest BCUT2D eigenvalue weighted by Crippen LogP contribution is -2.16. The summed E-state index contributed by atoms with van der Waals surface area (Å²) in [6.07, 6.45) is 0. The van der Waals surface area contributed by atoms with Gasteiger partial charge in [-0.2, -0.15) is 0 Å². The molecule has 2 aromatic rings. The average molecular weight is 350 g/mol. The number of nitro benzene ring substituents is 1. The molecule has 0 aliphatic carbocycles. The molecule has 128 valence electrons. The molecular formula is C16H18N2O5S. The molecule has 0 saturated heterocycles. The second-order valence-corrected chi connectivity index (χ2v) is 6.76. The highest BCUT2D eigenvalue weighted by Crippen LogP contribution is 2.25. The molecule has 0 saturated carbocycles. The lowest BCUT2D eigenvalue weighted by molar-refractivity contribution is -0.385. The number of nitro groups is 1. The minimum Gasteiger partial charge on any atom is -0.377 e. The van der Waals surface area contributed by atoms with Gasteiger partial charge < -0.3 is 4.74 Å². The fraction of sp³-hybridized carbons (Fsp3) is 0.250. The summed E-state index contributed by atoms with van der Waals surface area (Å²) in [4.78, 5) is 10.2. The number of rotatable bonds is 7. The molecular weight excluding hydrogens is 332 g/mol. The van der Waals surface area contributed by atoms with Crippen molar-refractivity contribution < 1.29 is 18.1 Å². The van der Waals surface area contributed by atoms with Crippen LogP contribution in [0.3, 0.4) is 0 Å². The van der Waals surface area contributed by atoms with E-state index in [1.807, 2.05) is 6.92 Å². The number of nitrogens with zero attached hydrogens (tertiary/aromatic N) is 1. The summed E-state index contributed by atoms with van der Waals surface area (Å²) in [5.74, 6) is 0. The minimum atomic E-state index is -3.96. The maximum absolute atomic E-state index is 12.6. The molecule has 7 nitrogen and oxygen atoms in total. The molecule has 0 aromatic heterocycles. The topological polar surface area (TPSA) is 98.5 Å². The summed E-state index contributed by atoms with van der Waals surface area (Å²) in [6, 6.07) is 10.6. The third kappa shape index (κ3) is 4.09. The van der Waals surface area contributed by atoms with Gasteiger partial charge in [0.25, 0.3) is 15.7 Å². The summed E-state index contributed by atoms with van der Waals surface area (Å²) in [6.45, 7) is 4.21. The highest BCUT2D eigenvalue weighted by atomic mass is 32.2. The van der Waals surface area contributed by atoms with Gasteiger partial charge in [0.1, 0.15) is 0 Å². The molecule has 0 aliphatic rings. The quantitative estimate of drug-likeness (QED) is 0.610. The monoisotopic (exact) mass is 350 g/mol. The Hall–Kier alpha value is -2.45. The Morgan fingerprint density at radius 3 is 2.58 bits per heavy atom. The van der Waals surface area contributed by atoms with Crippen LogP contribution in [0.2, 0.25) is 0 Å². The van der Waals surface area contributed by atoms with Crippen molar-refractivity contribution in [3.63, 3.8) is 0 Å². The Bertz CT molecular complexity index is 849. The molecule has 1 N–H and O–H groups in total. The van der Waals surface area contributed by atoms with Crippen molar-refractivity contribution in [1.82, 2.24) is 0 Å². The van der Waals surface area contributed by atoms with Crippen LogP contribution in [0.25, 0.3) is 0 Å². The molecule has 0 amide bonds. The van der Waals surface area contributed by atoms with Crippen molar-refractivity contribution in [2.45, 2.75) is 25.3 Å². The first-order valence-electron chi connectivity index (χ1n) is 7.28. The van der Waals surface area contributed by atoms with Gasteiger partial charge in [-0.3, -0.25) is 14.8 Å². The summed E-state index contributed by atoms with van der Waals surface area (Å²) < 4.78 is 33.1. The third-order valence-electron chi connectivity index (χ3n) is 3.40. The maximum Gasteiger partial charge on any atom is 0.270 e. The number of non-ortho nitro benzene ring substituents is 1. The SMILES string of the molecule is CCOCc1ccccc1NS(=O)(=O)c1cc([N+](=O)[O-])ccc1C. The smallest absolute Gasteiger partial charge is 0.270 e. The van der Waals surface area contributed by atoms with Crippen molar-refractivity contribution in [1.29, 1.82) is 0 Å². The highest BCUT2D eigenvalue weighted by molar-refractivity contribution is 7.92. The van der Waals surface area contributed by atoms with Crippen molar-refractivity contribution in [2.75, 3.05) is 11.3 Å². The predicted molar refractivity (Wildman–Crippen MR) is 90.4 cm³/mol. The van der Waals surface area contributed by atoms with Crippen LogP contribution in [0.15, 0.2) is 47.4 Å². The molecule has 0 atom stereocenters. The van der Waals surface area contributed by atoms with Gasteiger partial charge in [0.2, 0.25) is 0 Å². The second-order valence-electron chi connectivity index (χ2n) is 5.11. The van der Waals surface area contributed by atoms with Crippen LogP contribution in [-0.4, -0.2) is 19.9 Å². The van der Waals surface area contributed by atoms with Gasteiger partial charge >= 0.3 is 0 Å². The van der Waals surface area contributed by atoms with E-state index in [0.717, 1.165) is 6.07 Å². The Morgan fingerprint density at radius 2 is 1.92 bits per heavy atom. The van der Waals surface area contributed by atoms with Gasteiger partial charge in [-0.1, -0.05) is 24.3 Å². The van der Waals surface area contributed by atoms with Crippen LogP contribution >= 0.6 is 0 Å². The van der Waals surface area contributed by atoms with E-state index in [0.29, 0.717) is 23.4 Å². The van der Waals surface area contributed by atoms with Crippen molar-refractivity contribution in [2.24, 2.45) is 0 Å². The first kappa shape index (κ1) is 17.9. The van der Waals surface area contributed by atoms with Crippen LogP contribution in [0.1, 0.15) is 18.1 Å². The molecule has 8 heteroatoms. The van der Waals surface area contributed by atoms with Gasteiger partial charge in [0.15, 0.2) is 0 Å². The molecule has 0 spiro atoms. The zero-order valence-electron chi connectivity index (χ0n) is 13.4. The molecule has 0 bridgehead atoms. The number of hydrogen-bond acceptors (Lipinski definition) is 5. The average Bonchev–Trinajstić information content (AvgIpc) is 2.53. The van der Waals surface area contributed by atoms with E-state index in [4.69, 9.17) is 4.74 Å². The Balaban J connectivity index is 2.39. The summed E-state index contributed by atoms with van der Waals surface area (Å²) in [7, 11) is -3.96. The number of nitrogens with one attached hydrogen (secondary N) is 1. The third-order valence-corrected chi connectivity index (χ3v) is 4.90. The van der Waals surface area contributed by atoms with E-state index < -0.39 is 14.9 Å². The van der Waals surface area contributed by atoms with E-state index in [-0.39, 0.29) is 17.2 Å². The first-order chi connectivity index (χ1) is 11.3. The van der Waals surface area contributed by atoms with Crippen LogP contribution in [-0.2, 0) is 21.4 Å². The fourth-order valence-electron chi connectivity index (χ4n) is 2.15. The maximum atomic E-state index is 12.6. The number of hydrogen-bond donors (Lipinski definition) is 1. The Morgan fingerprint density at radius 1 is 1.21 bits per heavy atom. The molecule has 0 radical (unpaired) electrons. The van der Waals surface area contributed by atoms with Crippen LogP contribution in [0.5, 0.6) is 0 Å².